The van der Waals surface area contributed by atoms with E-state index >= 15 is 0 Å². The molecule has 0 bridgehead atoms. The molecule has 0 heterocycles. The molecule has 1 amide bonds. The molecule has 0 spiro atoms. The van der Waals surface area contributed by atoms with Gasteiger partial charge in [0.05, 0.1) is 13.4 Å². The Balaban J connectivity index is 2.13. The first-order chi connectivity index (χ1) is 13.6. The van der Waals surface area contributed by atoms with Crippen LogP contribution in [0.25, 0.3) is 0 Å². The predicted molar refractivity (Wildman–Crippen MR) is 111 cm³/mol. The molecule has 0 radical (unpaired) electrons. The first-order valence-electron chi connectivity index (χ1n) is 8.83. The largest absolute Gasteiger partial charge is 0.493 e. The highest BCUT2D eigenvalue weighted by Crippen LogP contribution is 2.30. The fraction of sp³-hybridized carbons (Fsp3) is 0.350. The highest BCUT2D eigenvalue weighted by Gasteiger charge is 2.20. The predicted octanol–water partition coefficient (Wildman–Crippen LogP) is 3.50. The van der Waals surface area contributed by atoms with E-state index in [1.165, 1.54) is 7.11 Å². The first kappa shape index (κ1) is 22.8. The molecule has 0 aliphatic heterocycles. The lowest BCUT2D eigenvalue weighted by Gasteiger charge is -2.27. The van der Waals surface area contributed by atoms with Crippen LogP contribution >= 0.6 is 11.6 Å². The zero-order valence-electron chi connectivity index (χ0n) is 16.7. The zero-order valence-corrected chi connectivity index (χ0v) is 18.3. The molecule has 0 aliphatic carbocycles. The number of carbonyl (C=O) groups is 1. The molecular weight excluding hydrogens is 418 g/mol. The summed E-state index contributed by atoms with van der Waals surface area (Å²) in [5.41, 5.74) is 0.693. The molecule has 158 valence electrons. The quantitative estimate of drug-likeness (QED) is 0.554. The van der Waals surface area contributed by atoms with Gasteiger partial charge in [0.2, 0.25) is 0 Å². The van der Waals surface area contributed by atoms with Crippen molar-refractivity contribution in [1.82, 2.24) is 4.90 Å². The van der Waals surface area contributed by atoms with Crippen LogP contribution in [0.4, 0.5) is 0 Å². The Bertz CT molecular complexity index is 944. The van der Waals surface area contributed by atoms with Crippen LogP contribution in [0.1, 0.15) is 19.4 Å². The summed E-state index contributed by atoms with van der Waals surface area (Å²) in [6.07, 6.45) is 0.956. The molecule has 0 saturated heterocycles. The average molecular weight is 442 g/mol. The van der Waals surface area contributed by atoms with Crippen molar-refractivity contribution < 1.29 is 26.9 Å². The van der Waals surface area contributed by atoms with Crippen LogP contribution in [-0.2, 0) is 21.5 Å². The lowest BCUT2D eigenvalue weighted by atomic mass is 10.1. The first-order valence-corrected chi connectivity index (χ1v) is 11.0. The molecule has 2 aromatic carbocycles. The summed E-state index contributed by atoms with van der Waals surface area (Å²) in [5, 5.41) is 0.583. The van der Waals surface area contributed by atoms with Crippen molar-refractivity contribution in [3.05, 3.63) is 53.1 Å². The molecule has 9 heteroatoms. The lowest BCUT2D eigenvalue weighted by Crippen LogP contribution is -2.39. The van der Waals surface area contributed by atoms with Gasteiger partial charge >= 0.3 is 10.1 Å². The number of benzene rings is 2. The Morgan fingerprint density at radius 2 is 1.76 bits per heavy atom. The fourth-order valence-corrected chi connectivity index (χ4v) is 3.14. The van der Waals surface area contributed by atoms with Crippen LogP contribution in [-0.4, -0.2) is 45.2 Å². The summed E-state index contributed by atoms with van der Waals surface area (Å²) in [6, 6.07) is 11.5. The van der Waals surface area contributed by atoms with E-state index in [-0.39, 0.29) is 36.6 Å². The number of ether oxygens (including phenoxy) is 2. The number of halogens is 1. The minimum Gasteiger partial charge on any atom is -0.493 e. The SMILES string of the molecule is COc1ccc(CN(C(=O)COc2ccc(Cl)cc2)C(C)C)cc1OS(C)(=O)=O. The van der Waals surface area contributed by atoms with E-state index in [1.54, 1.807) is 47.4 Å². The maximum atomic E-state index is 12.7. The Hall–Kier alpha value is -2.45. The van der Waals surface area contributed by atoms with Crippen LogP contribution in [0.2, 0.25) is 5.02 Å². The second-order valence-electron chi connectivity index (χ2n) is 6.63. The third-order valence-electron chi connectivity index (χ3n) is 3.94. The Morgan fingerprint density at radius 3 is 2.31 bits per heavy atom. The van der Waals surface area contributed by atoms with Gasteiger partial charge in [0.1, 0.15) is 5.75 Å². The Kier molecular flexibility index (Phi) is 7.75. The van der Waals surface area contributed by atoms with Crippen molar-refractivity contribution in [3.63, 3.8) is 0 Å². The molecule has 0 aromatic heterocycles. The third kappa shape index (κ3) is 7.14. The van der Waals surface area contributed by atoms with Crippen molar-refractivity contribution in [2.24, 2.45) is 0 Å². The monoisotopic (exact) mass is 441 g/mol. The average Bonchev–Trinajstić information content (AvgIpc) is 2.64. The van der Waals surface area contributed by atoms with Crippen molar-refractivity contribution in [2.75, 3.05) is 20.0 Å². The van der Waals surface area contributed by atoms with Gasteiger partial charge in [0.25, 0.3) is 5.91 Å². The molecule has 0 saturated carbocycles. The van der Waals surface area contributed by atoms with E-state index in [9.17, 15) is 13.2 Å². The van der Waals surface area contributed by atoms with Gasteiger partial charge < -0.3 is 18.6 Å². The Labute approximate surface area is 176 Å². The van der Waals surface area contributed by atoms with Gasteiger partial charge in [-0.15, -0.1) is 0 Å². The van der Waals surface area contributed by atoms with Gasteiger partial charge in [-0.2, -0.15) is 8.42 Å². The standard InChI is InChI=1S/C20H24ClNO6S/c1-14(2)22(20(23)13-27-17-8-6-16(21)7-9-17)12-15-5-10-18(26-3)19(11-15)28-29(4,24)25/h5-11,14H,12-13H2,1-4H3. The highest BCUT2D eigenvalue weighted by atomic mass is 35.5. The van der Waals surface area contributed by atoms with Crippen molar-refractivity contribution >= 4 is 27.6 Å². The van der Waals surface area contributed by atoms with Gasteiger partial charge in [0.15, 0.2) is 18.1 Å². The molecule has 0 atom stereocenters. The molecule has 7 nitrogen and oxygen atoms in total. The summed E-state index contributed by atoms with van der Waals surface area (Å²) < 4.78 is 38.7. The molecule has 2 rings (SSSR count). The number of hydrogen-bond acceptors (Lipinski definition) is 6. The van der Waals surface area contributed by atoms with Crippen LogP contribution < -0.4 is 13.7 Å². The molecule has 0 unspecified atom stereocenters. The van der Waals surface area contributed by atoms with Gasteiger partial charge in [-0.25, -0.2) is 0 Å². The van der Waals surface area contributed by atoms with E-state index in [0.29, 0.717) is 16.3 Å². The second kappa shape index (κ2) is 9.84. The number of amides is 1. The second-order valence-corrected chi connectivity index (χ2v) is 8.64. The number of rotatable bonds is 9. The van der Waals surface area contributed by atoms with Crippen molar-refractivity contribution in [1.29, 1.82) is 0 Å². The van der Waals surface area contributed by atoms with E-state index in [1.807, 2.05) is 13.8 Å². The van der Waals surface area contributed by atoms with Gasteiger partial charge in [0, 0.05) is 17.6 Å². The smallest absolute Gasteiger partial charge is 0.306 e. The third-order valence-corrected chi connectivity index (χ3v) is 4.68. The minimum atomic E-state index is -3.72. The van der Waals surface area contributed by atoms with E-state index in [0.717, 1.165) is 6.26 Å². The van der Waals surface area contributed by atoms with Crippen molar-refractivity contribution in [3.8, 4) is 17.2 Å². The number of methoxy groups -OCH3 is 1. The number of nitrogens with zero attached hydrogens (tertiary/aromatic N) is 1. The van der Waals surface area contributed by atoms with E-state index in [2.05, 4.69) is 0 Å². The summed E-state index contributed by atoms with van der Waals surface area (Å²) in [5.74, 6) is 0.685. The number of hydrogen-bond donors (Lipinski definition) is 0. The zero-order chi connectivity index (χ0) is 21.6. The fourth-order valence-electron chi connectivity index (χ4n) is 2.56. The van der Waals surface area contributed by atoms with Crippen LogP contribution in [0, 0.1) is 0 Å². The summed E-state index contributed by atoms with van der Waals surface area (Å²) >= 11 is 5.84. The molecule has 2 aromatic rings. The van der Waals surface area contributed by atoms with Gasteiger partial charge in [-0.3, -0.25) is 4.79 Å². The van der Waals surface area contributed by atoms with Crippen molar-refractivity contribution in [2.45, 2.75) is 26.4 Å². The van der Waals surface area contributed by atoms with Crippen LogP contribution in [0.15, 0.2) is 42.5 Å². The maximum absolute atomic E-state index is 12.7. The summed E-state index contributed by atoms with van der Waals surface area (Å²) in [4.78, 5) is 14.3. The molecule has 0 aliphatic rings. The lowest BCUT2D eigenvalue weighted by molar-refractivity contribution is -0.135. The molecule has 0 fully saturated rings. The summed E-state index contributed by atoms with van der Waals surface area (Å²) in [6.45, 7) is 3.89. The molecular formula is C20H24ClNO6S. The summed E-state index contributed by atoms with van der Waals surface area (Å²) in [7, 11) is -2.30. The topological polar surface area (TPSA) is 82.1 Å². The highest BCUT2D eigenvalue weighted by molar-refractivity contribution is 7.86. The van der Waals surface area contributed by atoms with Crippen LogP contribution in [0.3, 0.4) is 0 Å². The van der Waals surface area contributed by atoms with Gasteiger partial charge in [-0.1, -0.05) is 17.7 Å². The van der Waals surface area contributed by atoms with E-state index < -0.39 is 10.1 Å². The molecule has 29 heavy (non-hydrogen) atoms. The van der Waals surface area contributed by atoms with Crippen LogP contribution in [0.5, 0.6) is 17.2 Å². The minimum absolute atomic E-state index is 0.0704. The number of carbonyl (C=O) groups excluding carboxylic acids is 1. The van der Waals surface area contributed by atoms with E-state index in [4.69, 9.17) is 25.3 Å². The molecule has 0 N–H and O–H groups in total. The Morgan fingerprint density at radius 1 is 1.10 bits per heavy atom. The maximum Gasteiger partial charge on any atom is 0.306 e. The normalized spacial score (nSPS) is 11.2. The van der Waals surface area contributed by atoms with Gasteiger partial charge in [-0.05, 0) is 55.8 Å².